The van der Waals surface area contributed by atoms with Gasteiger partial charge in [0.25, 0.3) is 5.91 Å². The number of primary amides is 1. The Morgan fingerprint density at radius 2 is 2.14 bits per heavy atom. The maximum absolute atomic E-state index is 13.3. The molecule has 7 nitrogen and oxygen atoms in total. The molecule has 8 heteroatoms. The zero-order valence-corrected chi connectivity index (χ0v) is 16.3. The SMILES string of the molecule is NC(=O)OC12CCN(C(=O)c3ccc4ncsc4c3)C(Cc3ccc(O)cc31)C2. The Morgan fingerprint density at radius 3 is 2.97 bits per heavy atom. The third-order valence-electron chi connectivity index (χ3n) is 5.94. The lowest BCUT2D eigenvalue weighted by molar-refractivity contribution is -0.0592. The van der Waals surface area contributed by atoms with Crippen LogP contribution in [0.25, 0.3) is 10.2 Å². The monoisotopic (exact) mass is 409 g/mol. The number of amides is 2. The number of piperidine rings is 1. The van der Waals surface area contributed by atoms with Crippen LogP contribution in [0.5, 0.6) is 5.75 Å². The van der Waals surface area contributed by atoms with Crippen molar-refractivity contribution in [3.63, 3.8) is 0 Å². The van der Waals surface area contributed by atoms with Crippen molar-refractivity contribution >= 4 is 33.6 Å². The molecule has 29 heavy (non-hydrogen) atoms. The van der Waals surface area contributed by atoms with Gasteiger partial charge in [-0.2, -0.15) is 0 Å². The van der Waals surface area contributed by atoms with Crippen molar-refractivity contribution in [1.82, 2.24) is 9.88 Å². The first-order chi connectivity index (χ1) is 13.9. The number of aromatic nitrogens is 1. The molecule has 1 aliphatic heterocycles. The number of ether oxygens (including phenoxy) is 1. The summed E-state index contributed by atoms with van der Waals surface area (Å²) in [6, 6.07) is 10.5. The predicted octanol–water partition coefficient (Wildman–Crippen LogP) is 3.15. The Kier molecular flexibility index (Phi) is 3.99. The summed E-state index contributed by atoms with van der Waals surface area (Å²) in [4.78, 5) is 31.1. The molecule has 0 spiro atoms. The number of hydrogen-bond acceptors (Lipinski definition) is 6. The summed E-state index contributed by atoms with van der Waals surface area (Å²) in [7, 11) is 0. The molecule has 3 N–H and O–H groups in total. The minimum Gasteiger partial charge on any atom is -0.508 e. The van der Waals surface area contributed by atoms with E-state index in [1.165, 1.54) is 11.3 Å². The van der Waals surface area contributed by atoms with E-state index >= 15 is 0 Å². The third-order valence-corrected chi connectivity index (χ3v) is 6.73. The van der Waals surface area contributed by atoms with Gasteiger partial charge in [-0.25, -0.2) is 9.78 Å². The van der Waals surface area contributed by atoms with Crippen molar-refractivity contribution in [1.29, 1.82) is 0 Å². The second-order valence-electron chi connectivity index (χ2n) is 7.60. The zero-order valence-electron chi connectivity index (χ0n) is 15.5. The van der Waals surface area contributed by atoms with Gasteiger partial charge in [-0.15, -0.1) is 11.3 Å². The molecule has 1 aliphatic carbocycles. The van der Waals surface area contributed by atoms with Crippen LogP contribution in [0.4, 0.5) is 4.79 Å². The molecule has 1 aromatic heterocycles. The van der Waals surface area contributed by atoms with Crippen LogP contribution in [0.3, 0.4) is 0 Å². The number of carbonyl (C=O) groups is 2. The van der Waals surface area contributed by atoms with Gasteiger partial charge in [-0.05, 0) is 42.3 Å². The predicted molar refractivity (Wildman–Crippen MR) is 108 cm³/mol. The van der Waals surface area contributed by atoms with Gasteiger partial charge in [0.05, 0.1) is 15.7 Å². The average molecular weight is 409 g/mol. The van der Waals surface area contributed by atoms with E-state index in [4.69, 9.17) is 10.5 Å². The van der Waals surface area contributed by atoms with Crippen LogP contribution in [0.2, 0.25) is 0 Å². The summed E-state index contributed by atoms with van der Waals surface area (Å²) < 4.78 is 6.57. The number of phenols is 1. The van der Waals surface area contributed by atoms with Crippen molar-refractivity contribution in [2.75, 3.05) is 6.54 Å². The summed E-state index contributed by atoms with van der Waals surface area (Å²) in [6.45, 7) is 0.437. The first-order valence-corrected chi connectivity index (χ1v) is 10.3. The van der Waals surface area contributed by atoms with E-state index in [9.17, 15) is 14.7 Å². The molecule has 1 saturated heterocycles. The number of benzene rings is 2. The standard InChI is InChI=1S/C21H19N3O4S/c22-20(27)28-21-5-6-24(14(10-21)7-12-1-3-15(25)9-16(12)21)19(26)13-2-4-17-18(8-13)29-11-23-17/h1-4,8-9,11,14,25H,5-7,10H2,(H2,22,27). The molecule has 2 atom stereocenters. The van der Waals surface area contributed by atoms with Crippen LogP contribution < -0.4 is 5.73 Å². The van der Waals surface area contributed by atoms with Crippen LogP contribution in [0.1, 0.15) is 34.3 Å². The summed E-state index contributed by atoms with van der Waals surface area (Å²) in [6.07, 6.45) is 0.669. The molecule has 148 valence electrons. The lowest BCUT2D eigenvalue weighted by Crippen LogP contribution is -2.56. The molecule has 0 saturated carbocycles. The average Bonchev–Trinajstić information content (AvgIpc) is 3.16. The minimum atomic E-state index is -0.915. The number of nitrogens with two attached hydrogens (primary N) is 1. The number of fused-ring (bicyclic) bond motifs is 5. The summed E-state index contributed by atoms with van der Waals surface area (Å²) >= 11 is 1.50. The summed E-state index contributed by atoms with van der Waals surface area (Å²) in [5.74, 6) is 0.0752. The summed E-state index contributed by atoms with van der Waals surface area (Å²) in [5, 5.41) is 9.95. The third kappa shape index (κ3) is 2.91. The van der Waals surface area contributed by atoms with Gasteiger partial charge in [0.15, 0.2) is 0 Å². The van der Waals surface area contributed by atoms with E-state index in [2.05, 4.69) is 4.98 Å². The van der Waals surface area contributed by atoms with E-state index in [1.54, 1.807) is 23.7 Å². The van der Waals surface area contributed by atoms with Crippen molar-refractivity contribution in [3.05, 3.63) is 58.6 Å². The molecule has 2 amide bonds. The highest BCUT2D eigenvalue weighted by Gasteiger charge is 2.49. The van der Waals surface area contributed by atoms with E-state index < -0.39 is 11.7 Å². The van der Waals surface area contributed by atoms with Crippen LogP contribution in [-0.4, -0.2) is 39.6 Å². The summed E-state index contributed by atoms with van der Waals surface area (Å²) in [5.41, 5.74) is 9.46. The smallest absolute Gasteiger partial charge is 0.405 e. The highest BCUT2D eigenvalue weighted by atomic mass is 32.1. The number of nitrogens with zero attached hydrogens (tertiary/aromatic N) is 2. The number of likely N-dealkylation sites (tertiary alicyclic amines) is 1. The number of carbonyl (C=O) groups excluding carboxylic acids is 2. The van der Waals surface area contributed by atoms with Gasteiger partial charge in [0, 0.05) is 36.6 Å². The van der Waals surface area contributed by atoms with Gasteiger partial charge >= 0.3 is 6.09 Å². The number of aromatic hydroxyl groups is 1. The number of phenolic OH excluding ortho intramolecular Hbond substituents is 1. The normalized spacial score (nSPS) is 22.9. The van der Waals surface area contributed by atoms with Gasteiger partial charge in [0.1, 0.15) is 11.4 Å². The molecule has 2 aliphatic rings. The van der Waals surface area contributed by atoms with Crippen LogP contribution in [-0.2, 0) is 16.8 Å². The number of hydrogen-bond donors (Lipinski definition) is 2. The zero-order chi connectivity index (χ0) is 20.2. The molecule has 3 aromatic rings. The topological polar surface area (TPSA) is 106 Å². The van der Waals surface area contributed by atoms with E-state index in [0.29, 0.717) is 31.4 Å². The van der Waals surface area contributed by atoms with Crippen molar-refractivity contribution < 1.29 is 19.4 Å². The largest absolute Gasteiger partial charge is 0.508 e. The quantitative estimate of drug-likeness (QED) is 0.676. The van der Waals surface area contributed by atoms with Crippen molar-refractivity contribution in [3.8, 4) is 5.75 Å². The Hall–Kier alpha value is -3.13. The van der Waals surface area contributed by atoms with Gasteiger partial charge in [0.2, 0.25) is 0 Å². The molecular formula is C21H19N3O4S. The Morgan fingerprint density at radius 1 is 1.28 bits per heavy atom. The highest BCUT2D eigenvalue weighted by Crippen LogP contribution is 2.47. The van der Waals surface area contributed by atoms with Crippen LogP contribution >= 0.6 is 11.3 Å². The van der Waals surface area contributed by atoms with Gasteiger partial charge in [-0.1, -0.05) is 6.07 Å². The molecule has 5 rings (SSSR count). The highest BCUT2D eigenvalue weighted by molar-refractivity contribution is 7.16. The van der Waals surface area contributed by atoms with Gasteiger partial charge < -0.3 is 20.5 Å². The lowest BCUT2D eigenvalue weighted by Gasteiger charge is -2.50. The number of thiazole rings is 1. The second-order valence-corrected chi connectivity index (χ2v) is 8.49. The van der Waals surface area contributed by atoms with Crippen molar-refractivity contribution in [2.24, 2.45) is 5.73 Å². The molecule has 1 fully saturated rings. The number of rotatable bonds is 2. The molecule has 2 heterocycles. The van der Waals surface area contributed by atoms with E-state index in [1.807, 2.05) is 23.1 Å². The molecule has 2 unspecified atom stereocenters. The van der Waals surface area contributed by atoms with Gasteiger partial charge in [-0.3, -0.25) is 4.79 Å². The molecule has 2 aromatic carbocycles. The molecule has 2 bridgehead atoms. The second kappa shape index (κ2) is 6.45. The fraction of sp³-hybridized carbons (Fsp3) is 0.286. The lowest BCUT2D eigenvalue weighted by atomic mass is 9.71. The maximum Gasteiger partial charge on any atom is 0.405 e. The Balaban J connectivity index is 1.51. The first kappa shape index (κ1) is 17.9. The Labute approximate surface area is 170 Å². The van der Waals surface area contributed by atoms with Crippen molar-refractivity contribution in [2.45, 2.75) is 30.9 Å². The first-order valence-electron chi connectivity index (χ1n) is 9.40. The Bertz CT molecular complexity index is 1140. The van der Waals surface area contributed by atoms with E-state index in [0.717, 1.165) is 21.3 Å². The van der Waals surface area contributed by atoms with Crippen LogP contribution in [0.15, 0.2) is 41.9 Å². The van der Waals surface area contributed by atoms with E-state index in [-0.39, 0.29) is 17.7 Å². The van der Waals surface area contributed by atoms with Crippen LogP contribution in [0, 0.1) is 0 Å². The maximum atomic E-state index is 13.3. The molecular weight excluding hydrogens is 390 g/mol. The molecule has 0 radical (unpaired) electrons. The fourth-order valence-corrected chi connectivity index (χ4v) is 5.40. The minimum absolute atomic E-state index is 0.0415. The fourth-order valence-electron chi connectivity index (χ4n) is 4.69.